The average molecular weight is 250 g/mol. The monoisotopic (exact) mass is 250 g/mol. The number of ketones is 1. The minimum absolute atomic E-state index is 0.267. The molecule has 0 amide bonds. The smallest absolute Gasteiger partial charge is 0.173 e. The lowest BCUT2D eigenvalue weighted by Crippen LogP contribution is -2.37. The van der Waals surface area contributed by atoms with Crippen LogP contribution in [0.4, 0.5) is 0 Å². The number of rotatable bonds is 1. The normalized spacial score (nSPS) is 22.1. The number of hydrogen-bond acceptors (Lipinski definition) is 1. The van der Waals surface area contributed by atoms with Crippen LogP contribution >= 0.6 is 0 Å². The molecule has 2 aromatic rings. The highest BCUT2D eigenvalue weighted by molar-refractivity contribution is 6.06. The van der Waals surface area contributed by atoms with Gasteiger partial charge in [-0.3, -0.25) is 4.79 Å². The third kappa shape index (κ3) is 1.81. The van der Waals surface area contributed by atoms with Crippen LogP contribution in [-0.2, 0) is 11.8 Å². The third-order valence-electron chi connectivity index (χ3n) is 4.40. The minimum atomic E-state index is -0.375. The van der Waals surface area contributed by atoms with E-state index in [1.807, 2.05) is 30.3 Å². The predicted octanol–water partition coefficient (Wildman–Crippen LogP) is 4.08. The van der Waals surface area contributed by atoms with Crippen molar-refractivity contribution in [1.29, 1.82) is 0 Å². The summed E-state index contributed by atoms with van der Waals surface area (Å²) >= 11 is 0. The average Bonchev–Trinajstić information content (AvgIpc) is 2.44. The Morgan fingerprint density at radius 2 is 1.68 bits per heavy atom. The molecular formula is C18H18O. The van der Waals surface area contributed by atoms with E-state index in [1.54, 1.807) is 0 Å². The molecule has 96 valence electrons. The van der Waals surface area contributed by atoms with E-state index < -0.39 is 0 Å². The second-order valence-corrected chi connectivity index (χ2v) is 5.63. The summed E-state index contributed by atoms with van der Waals surface area (Å²) in [6.07, 6.45) is 1.88. The van der Waals surface area contributed by atoms with Crippen molar-refractivity contribution in [3.05, 3.63) is 70.8 Å². The maximum Gasteiger partial charge on any atom is 0.173 e. The molecule has 1 aliphatic carbocycles. The van der Waals surface area contributed by atoms with Crippen molar-refractivity contribution in [3.8, 4) is 0 Å². The Kier molecular flexibility index (Phi) is 2.78. The number of Topliss-reactive ketones (excluding diaryl/α,β-unsaturated/α-hetero) is 1. The van der Waals surface area contributed by atoms with Crippen molar-refractivity contribution in [2.24, 2.45) is 0 Å². The summed E-state index contributed by atoms with van der Waals surface area (Å²) in [5.41, 5.74) is 4.10. The van der Waals surface area contributed by atoms with Crippen LogP contribution in [0, 0.1) is 6.92 Å². The number of fused-ring (bicyclic) bond motifs is 1. The van der Waals surface area contributed by atoms with Gasteiger partial charge in [-0.05, 0) is 43.4 Å². The lowest BCUT2D eigenvalue weighted by atomic mass is 9.67. The van der Waals surface area contributed by atoms with Crippen molar-refractivity contribution in [1.82, 2.24) is 0 Å². The molecular weight excluding hydrogens is 232 g/mol. The fraction of sp³-hybridized carbons (Fsp3) is 0.278. The van der Waals surface area contributed by atoms with Gasteiger partial charge in [0, 0.05) is 5.56 Å². The molecule has 0 fully saturated rings. The second-order valence-electron chi connectivity index (χ2n) is 5.63. The molecule has 19 heavy (non-hydrogen) atoms. The molecule has 0 unspecified atom stereocenters. The van der Waals surface area contributed by atoms with Crippen LogP contribution < -0.4 is 0 Å². The molecule has 1 nitrogen and oxygen atoms in total. The van der Waals surface area contributed by atoms with E-state index >= 15 is 0 Å². The van der Waals surface area contributed by atoms with Gasteiger partial charge in [0.15, 0.2) is 5.78 Å². The standard InChI is InChI=1S/C18H18O/c1-13-7-3-6-10-16(13)18(2)12-11-14-8-4-5-9-15(14)17(18)19/h3-10H,11-12H2,1-2H3/t18-/m0/s1. The number of carbonyl (C=O) groups excluding carboxylic acids is 1. The van der Waals surface area contributed by atoms with Crippen molar-refractivity contribution in [2.45, 2.75) is 32.1 Å². The molecule has 2 aromatic carbocycles. The zero-order valence-corrected chi connectivity index (χ0v) is 11.4. The summed E-state index contributed by atoms with van der Waals surface area (Å²) in [4.78, 5) is 12.9. The first kappa shape index (κ1) is 12.2. The van der Waals surface area contributed by atoms with E-state index in [4.69, 9.17) is 0 Å². The van der Waals surface area contributed by atoms with Crippen LogP contribution in [0.5, 0.6) is 0 Å². The van der Waals surface area contributed by atoms with E-state index in [0.717, 1.165) is 18.4 Å². The van der Waals surface area contributed by atoms with Crippen LogP contribution in [0.2, 0.25) is 0 Å². The topological polar surface area (TPSA) is 17.1 Å². The van der Waals surface area contributed by atoms with Crippen LogP contribution in [0.1, 0.15) is 40.4 Å². The lowest BCUT2D eigenvalue weighted by Gasteiger charge is -2.34. The van der Waals surface area contributed by atoms with Gasteiger partial charge in [-0.25, -0.2) is 0 Å². The summed E-state index contributed by atoms with van der Waals surface area (Å²) in [6, 6.07) is 16.3. The number of hydrogen-bond donors (Lipinski definition) is 0. The number of carbonyl (C=O) groups is 1. The van der Waals surface area contributed by atoms with Gasteiger partial charge in [0.25, 0.3) is 0 Å². The number of aryl methyl sites for hydroxylation is 2. The predicted molar refractivity (Wildman–Crippen MR) is 77.6 cm³/mol. The second kappa shape index (κ2) is 4.34. The van der Waals surface area contributed by atoms with Gasteiger partial charge in [-0.2, -0.15) is 0 Å². The highest BCUT2D eigenvalue weighted by Gasteiger charge is 2.40. The first-order valence-corrected chi connectivity index (χ1v) is 6.82. The Labute approximate surface area is 114 Å². The fourth-order valence-electron chi connectivity index (χ4n) is 3.20. The van der Waals surface area contributed by atoms with E-state index in [2.05, 4.69) is 32.0 Å². The Hall–Kier alpha value is -1.89. The zero-order chi connectivity index (χ0) is 13.5. The zero-order valence-electron chi connectivity index (χ0n) is 11.4. The van der Waals surface area contributed by atoms with Crippen molar-refractivity contribution >= 4 is 5.78 Å². The number of benzene rings is 2. The maximum absolute atomic E-state index is 12.9. The maximum atomic E-state index is 12.9. The molecule has 1 heteroatoms. The lowest BCUT2D eigenvalue weighted by molar-refractivity contribution is 0.0875. The Balaban J connectivity index is 2.13. The Morgan fingerprint density at radius 3 is 2.47 bits per heavy atom. The fourth-order valence-corrected chi connectivity index (χ4v) is 3.20. The minimum Gasteiger partial charge on any atom is -0.293 e. The van der Waals surface area contributed by atoms with Gasteiger partial charge in [-0.1, -0.05) is 48.5 Å². The molecule has 0 spiro atoms. The van der Waals surface area contributed by atoms with Crippen LogP contribution in [-0.4, -0.2) is 5.78 Å². The summed E-state index contributed by atoms with van der Waals surface area (Å²) < 4.78 is 0. The van der Waals surface area contributed by atoms with E-state index in [0.29, 0.717) is 0 Å². The van der Waals surface area contributed by atoms with Crippen molar-refractivity contribution < 1.29 is 4.79 Å². The van der Waals surface area contributed by atoms with Gasteiger partial charge in [0.2, 0.25) is 0 Å². The molecule has 0 bridgehead atoms. The molecule has 0 heterocycles. The summed E-state index contributed by atoms with van der Waals surface area (Å²) in [5.74, 6) is 0.267. The summed E-state index contributed by atoms with van der Waals surface area (Å²) in [5, 5.41) is 0. The van der Waals surface area contributed by atoms with E-state index in [1.165, 1.54) is 16.7 Å². The molecule has 0 saturated heterocycles. The molecule has 0 N–H and O–H groups in total. The first-order valence-electron chi connectivity index (χ1n) is 6.82. The SMILES string of the molecule is Cc1ccccc1[C@]1(C)CCc2ccccc2C1=O. The highest BCUT2D eigenvalue weighted by atomic mass is 16.1. The van der Waals surface area contributed by atoms with Gasteiger partial charge in [0.1, 0.15) is 0 Å². The van der Waals surface area contributed by atoms with Crippen molar-refractivity contribution in [2.75, 3.05) is 0 Å². The molecule has 0 radical (unpaired) electrons. The summed E-state index contributed by atoms with van der Waals surface area (Å²) in [6.45, 7) is 4.18. The quantitative estimate of drug-likeness (QED) is 0.745. The molecule has 0 saturated carbocycles. The van der Waals surface area contributed by atoms with Crippen LogP contribution in [0.3, 0.4) is 0 Å². The third-order valence-corrected chi connectivity index (χ3v) is 4.40. The molecule has 0 aromatic heterocycles. The largest absolute Gasteiger partial charge is 0.293 e. The molecule has 0 aliphatic heterocycles. The highest BCUT2D eigenvalue weighted by Crippen LogP contribution is 2.39. The first-order chi connectivity index (χ1) is 9.13. The van der Waals surface area contributed by atoms with Gasteiger partial charge in [0.05, 0.1) is 5.41 Å². The Morgan fingerprint density at radius 1 is 1.00 bits per heavy atom. The molecule has 1 aliphatic rings. The van der Waals surface area contributed by atoms with Gasteiger partial charge in [-0.15, -0.1) is 0 Å². The Bertz CT molecular complexity index is 642. The van der Waals surface area contributed by atoms with Crippen LogP contribution in [0.25, 0.3) is 0 Å². The molecule has 1 atom stereocenters. The van der Waals surface area contributed by atoms with Gasteiger partial charge < -0.3 is 0 Å². The van der Waals surface area contributed by atoms with Crippen LogP contribution in [0.15, 0.2) is 48.5 Å². The van der Waals surface area contributed by atoms with Gasteiger partial charge >= 0.3 is 0 Å². The van der Waals surface area contributed by atoms with E-state index in [9.17, 15) is 4.79 Å². The van der Waals surface area contributed by atoms with Crippen molar-refractivity contribution in [3.63, 3.8) is 0 Å². The summed E-state index contributed by atoms with van der Waals surface area (Å²) in [7, 11) is 0. The van der Waals surface area contributed by atoms with E-state index in [-0.39, 0.29) is 11.2 Å². The molecule has 3 rings (SSSR count).